The van der Waals surface area contributed by atoms with Crippen LogP contribution in [0.2, 0.25) is 0 Å². The number of aromatic carboxylic acids is 1. The van der Waals surface area contributed by atoms with Crippen LogP contribution in [0, 0.1) is 0 Å². The number of hydrogen-bond donors (Lipinski definition) is 2. The van der Waals surface area contributed by atoms with Gasteiger partial charge in [-0.3, -0.25) is 0 Å². The van der Waals surface area contributed by atoms with Crippen molar-refractivity contribution in [3.8, 4) is 0 Å². The number of rotatable bonds is 5. The quantitative estimate of drug-likeness (QED) is 0.832. The summed E-state index contributed by atoms with van der Waals surface area (Å²) < 4.78 is 10.4. The van der Waals surface area contributed by atoms with Crippen LogP contribution < -0.4 is 5.32 Å². The summed E-state index contributed by atoms with van der Waals surface area (Å²) in [7, 11) is 0. The lowest BCUT2D eigenvalue weighted by Gasteiger charge is -2.09. The Kier molecular flexibility index (Phi) is 3.30. The highest BCUT2D eigenvalue weighted by atomic mass is 16.4. The summed E-state index contributed by atoms with van der Waals surface area (Å²) in [5.74, 6) is 0.303. The van der Waals surface area contributed by atoms with Crippen molar-refractivity contribution in [1.82, 2.24) is 5.32 Å². The van der Waals surface area contributed by atoms with Crippen LogP contribution >= 0.6 is 0 Å². The summed E-state index contributed by atoms with van der Waals surface area (Å²) in [5, 5.41) is 11.9. The maximum Gasteiger partial charge on any atom is 0.371 e. The molecule has 5 nitrogen and oxygen atoms in total. The van der Waals surface area contributed by atoms with E-state index in [2.05, 4.69) is 5.32 Å². The van der Waals surface area contributed by atoms with E-state index in [1.54, 1.807) is 12.3 Å². The van der Waals surface area contributed by atoms with Crippen LogP contribution in [-0.2, 0) is 6.54 Å². The van der Waals surface area contributed by atoms with Gasteiger partial charge in [0.2, 0.25) is 5.76 Å². The topological polar surface area (TPSA) is 75.6 Å². The van der Waals surface area contributed by atoms with Crippen molar-refractivity contribution in [3.05, 3.63) is 47.8 Å². The second-order valence-electron chi connectivity index (χ2n) is 3.69. The summed E-state index contributed by atoms with van der Waals surface area (Å²) in [5.41, 5.74) is 0. The van der Waals surface area contributed by atoms with Gasteiger partial charge in [-0.15, -0.1) is 0 Å². The molecule has 0 radical (unpaired) electrons. The fraction of sp³-hybridized carbons (Fsp3) is 0.250. The minimum atomic E-state index is -1.06. The van der Waals surface area contributed by atoms with Crippen LogP contribution in [-0.4, -0.2) is 11.1 Å². The van der Waals surface area contributed by atoms with Gasteiger partial charge in [-0.25, -0.2) is 4.79 Å². The molecule has 0 fully saturated rings. The Morgan fingerprint density at radius 1 is 1.47 bits per heavy atom. The van der Waals surface area contributed by atoms with Crippen molar-refractivity contribution in [3.63, 3.8) is 0 Å². The molecular weight excluding hydrogens is 222 g/mol. The van der Waals surface area contributed by atoms with Gasteiger partial charge in [-0.05, 0) is 31.2 Å². The maximum absolute atomic E-state index is 10.7. The lowest BCUT2D eigenvalue weighted by Crippen LogP contribution is -2.17. The van der Waals surface area contributed by atoms with E-state index >= 15 is 0 Å². The highest BCUT2D eigenvalue weighted by Crippen LogP contribution is 2.16. The average Bonchev–Trinajstić information content (AvgIpc) is 2.96. The maximum atomic E-state index is 10.7. The SMILES string of the molecule is CC(NCc1ccco1)c1ccc(C(=O)O)o1. The van der Waals surface area contributed by atoms with Gasteiger partial charge in [0.25, 0.3) is 0 Å². The van der Waals surface area contributed by atoms with Gasteiger partial charge in [0.1, 0.15) is 11.5 Å². The summed E-state index contributed by atoms with van der Waals surface area (Å²) >= 11 is 0. The third-order valence-electron chi connectivity index (χ3n) is 2.43. The number of carboxylic acids is 1. The fourth-order valence-corrected chi connectivity index (χ4v) is 1.47. The van der Waals surface area contributed by atoms with Crippen molar-refractivity contribution in [2.75, 3.05) is 0 Å². The number of furan rings is 2. The predicted molar refractivity (Wildman–Crippen MR) is 59.6 cm³/mol. The Morgan fingerprint density at radius 2 is 2.29 bits per heavy atom. The highest BCUT2D eigenvalue weighted by Gasteiger charge is 2.13. The zero-order valence-electron chi connectivity index (χ0n) is 9.34. The largest absolute Gasteiger partial charge is 0.475 e. The molecule has 2 rings (SSSR count). The monoisotopic (exact) mass is 235 g/mol. The molecule has 0 bridgehead atoms. The molecule has 2 aromatic rings. The molecule has 0 spiro atoms. The van der Waals surface area contributed by atoms with Gasteiger partial charge in [0, 0.05) is 0 Å². The van der Waals surface area contributed by atoms with E-state index in [4.69, 9.17) is 13.9 Å². The van der Waals surface area contributed by atoms with E-state index < -0.39 is 5.97 Å². The van der Waals surface area contributed by atoms with E-state index in [-0.39, 0.29) is 11.8 Å². The molecule has 0 aliphatic heterocycles. The predicted octanol–water partition coefficient (Wildman–Crippen LogP) is 2.42. The summed E-state index contributed by atoms with van der Waals surface area (Å²) in [6.45, 7) is 2.46. The van der Waals surface area contributed by atoms with E-state index in [1.165, 1.54) is 6.07 Å². The fourth-order valence-electron chi connectivity index (χ4n) is 1.47. The molecule has 0 aliphatic rings. The smallest absolute Gasteiger partial charge is 0.371 e. The normalized spacial score (nSPS) is 12.5. The van der Waals surface area contributed by atoms with Gasteiger partial charge in [-0.2, -0.15) is 0 Å². The summed E-state index contributed by atoms with van der Waals surface area (Å²) in [6.07, 6.45) is 1.61. The summed E-state index contributed by atoms with van der Waals surface area (Å²) in [6, 6.07) is 6.71. The standard InChI is InChI=1S/C12H13NO4/c1-8(13-7-9-3-2-6-16-9)10-4-5-11(17-10)12(14)15/h2-6,8,13H,7H2,1H3,(H,14,15). The number of carbonyl (C=O) groups is 1. The van der Waals surface area contributed by atoms with Gasteiger partial charge in [0.05, 0.1) is 18.8 Å². The van der Waals surface area contributed by atoms with Crippen LogP contribution in [0.5, 0.6) is 0 Å². The lowest BCUT2D eigenvalue weighted by molar-refractivity contribution is 0.0659. The average molecular weight is 235 g/mol. The second kappa shape index (κ2) is 4.88. The third kappa shape index (κ3) is 2.76. The van der Waals surface area contributed by atoms with Crippen LogP contribution in [0.1, 0.15) is 35.0 Å². The number of carboxylic acid groups (broad SMARTS) is 1. The van der Waals surface area contributed by atoms with Gasteiger partial charge >= 0.3 is 5.97 Å². The molecule has 17 heavy (non-hydrogen) atoms. The molecule has 2 N–H and O–H groups in total. The Balaban J connectivity index is 1.94. The Labute approximate surface area is 98.0 Å². The van der Waals surface area contributed by atoms with Crippen LogP contribution in [0.15, 0.2) is 39.4 Å². The molecule has 1 unspecified atom stereocenters. The minimum absolute atomic E-state index is 0.0494. The molecule has 2 aromatic heterocycles. The Hall–Kier alpha value is -2.01. The van der Waals surface area contributed by atoms with Crippen LogP contribution in [0.4, 0.5) is 0 Å². The van der Waals surface area contributed by atoms with Crippen molar-refractivity contribution in [2.24, 2.45) is 0 Å². The van der Waals surface area contributed by atoms with Crippen molar-refractivity contribution < 1.29 is 18.7 Å². The van der Waals surface area contributed by atoms with Crippen LogP contribution in [0.25, 0.3) is 0 Å². The lowest BCUT2D eigenvalue weighted by atomic mass is 10.2. The second-order valence-corrected chi connectivity index (χ2v) is 3.69. The molecule has 5 heteroatoms. The van der Waals surface area contributed by atoms with E-state index in [9.17, 15) is 4.79 Å². The minimum Gasteiger partial charge on any atom is -0.475 e. The summed E-state index contributed by atoms with van der Waals surface area (Å²) in [4.78, 5) is 10.7. The highest BCUT2D eigenvalue weighted by molar-refractivity contribution is 5.84. The first-order chi connectivity index (χ1) is 8.16. The zero-order valence-corrected chi connectivity index (χ0v) is 9.34. The molecule has 0 aliphatic carbocycles. The van der Waals surface area contributed by atoms with Crippen molar-refractivity contribution in [2.45, 2.75) is 19.5 Å². The number of hydrogen-bond acceptors (Lipinski definition) is 4. The Morgan fingerprint density at radius 3 is 2.88 bits per heavy atom. The van der Waals surface area contributed by atoms with Gasteiger partial charge in [-0.1, -0.05) is 0 Å². The van der Waals surface area contributed by atoms with Gasteiger partial charge in [0.15, 0.2) is 0 Å². The molecule has 0 amide bonds. The van der Waals surface area contributed by atoms with E-state index in [0.717, 1.165) is 5.76 Å². The molecule has 90 valence electrons. The molecule has 0 aromatic carbocycles. The first-order valence-corrected chi connectivity index (χ1v) is 5.25. The van der Waals surface area contributed by atoms with Crippen LogP contribution in [0.3, 0.4) is 0 Å². The molecular formula is C12H13NO4. The van der Waals surface area contributed by atoms with Crippen molar-refractivity contribution in [1.29, 1.82) is 0 Å². The first kappa shape index (κ1) is 11.5. The molecule has 2 heterocycles. The molecule has 1 atom stereocenters. The first-order valence-electron chi connectivity index (χ1n) is 5.25. The third-order valence-corrected chi connectivity index (χ3v) is 2.43. The molecule has 0 saturated carbocycles. The molecule has 0 saturated heterocycles. The van der Waals surface area contributed by atoms with Crippen molar-refractivity contribution >= 4 is 5.97 Å². The van der Waals surface area contributed by atoms with E-state index in [1.807, 2.05) is 19.1 Å². The zero-order chi connectivity index (χ0) is 12.3. The van der Waals surface area contributed by atoms with Gasteiger partial charge < -0.3 is 19.3 Å². The van der Waals surface area contributed by atoms with E-state index in [0.29, 0.717) is 12.3 Å². The number of nitrogens with one attached hydrogen (secondary N) is 1. The Bertz CT molecular complexity index is 486.